The third kappa shape index (κ3) is 3.22. The maximum Gasteiger partial charge on any atom is 0.202 e. The lowest BCUT2D eigenvalue weighted by Crippen LogP contribution is -2.16. The van der Waals surface area contributed by atoms with Crippen molar-refractivity contribution in [2.75, 3.05) is 17.7 Å². The number of halogens is 1. The molecule has 0 amide bonds. The van der Waals surface area contributed by atoms with Crippen molar-refractivity contribution in [3.63, 3.8) is 0 Å². The first-order valence-corrected chi connectivity index (χ1v) is 5.58. The summed E-state index contributed by atoms with van der Waals surface area (Å²) in [5, 5.41) is 3.32. The number of nitrogens with zero attached hydrogens (tertiary/aromatic N) is 2. The van der Waals surface area contributed by atoms with Gasteiger partial charge in [-0.05, 0) is 12.3 Å². The fraction of sp³-hybridized carbons (Fsp3) is 0.700. The second-order valence-electron chi connectivity index (χ2n) is 3.49. The van der Waals surface area contributed by atoms with E-state index in [-0.39, 0.29) is 0 Å². The van der Waals surface area contributed by atoms with E-state index in [2.05, 4.69) is 17.2 Å². The lowest BCUT2D eigenvalue weighted by molar-refractivity contribution is 0.519. The summed E-state index contributed by atoms with van der Waals surface area (Å²) in [4.78, 5) is 4.20. The van der Waals surface area contributed by atoms with E-state index in [1.807, 2.05) is 17.8 Å². The normalized spacial score (nSPS) is 12.8. The van der Waals surface area contributed by atoms with Crippen molar-refractivity contribution in [2.45, 2.75) is 19.8 Å². The third-order valence-corrected chi connectivity index (χ3v) is 2.68. The molecule has 1 atom stereocenters. The Morgan fingerprint density at radius 2 is 2.43 bits per heavy atom. The van der Waals surface area contributed by atoms with Crippen molar-refractivity contribution in [2.24, 2.45) is 13.0 Å². The Labute approximate surface area is 90.5 Å². The van der Waals surface area contributed by atoms with Crippen LogP contribution in [0.1, 0.15) is 19.8 Å². The van der Waals surface area contributed by atoms with Crippen LogP contribution in [0.4, 0.5) is 5.95 Å². The van der Waals surface area contributed by atoms with E-state index in [0.29, 0.717) is 5.92 Å². The second kappa shape index (κ2) is 5.91. The zero-order valence-electron chi connectivity index (χ0n) is 8.83. The summed E-state index contributed by atoms with van der Waals surface area (Å²) in [5.41, 5.74) is 0. The minimum Gasteiger partial charge on any atom is -0.355 e. The maximum absolute atomic E-state index is 5.72. The Bertz CT molecular complexity index is 260. The smallest absolute Gasteiger partial charge is 0.202 e. The van der Waals surface area contributed by atoms with Crippen LogP contribution < -0.4 is 5.32 Å². The van der Waals surface area contributed by atoms with E-state index < -0.39 is 0 Å². The molecule has 0 radical (unpaired) electrons. The molecule has 0 fully saturated rings. The van der Waals surface area contributed by atoms with Crippen molar-refractivity contribution in [1.82, 2.24) is 9.55 Å². The summed E-state index contributed by atoms with van der Waals surface area (Å²) in [7, 11) is 1.98. The van der Waals surface area contributed by atoms with Crippen molar-refractivity contribution in [1.29, 1.82) is 0 Å². The molecule has 1 aromatic rings. The molecule has 1 unspecified atom stereocenters. The van der Waals surface area contributed by atoms with Crippen LogP contribution in [0, 0.1) is 5.92 Å². The number of hydrogen-bond acceptors (Lipinski definition) is 2. The second-order valence-corrected chi connectivity index (χ2v) is 3.87. The van der Waals surface area contributed by atoms with Crippen LogP contribution >= 0.6 is 11.6 Å². The molecule has 14 heavy (non-hydrogen) atoms. The SMILES string of the molecule is CCC(CCCl)CNc1nccn1C. The van der Waals surface area contributed by atoms with Gasteiger partial charge in [-0.2, -0.15) is 0 Å². The van der Waals surface area contributed by atoms with Crippen molar-refractivity contribution < 1.29 is 0 Å². The molecular weight excluding hydrogens is 198 g/mol. The van der Waals surface area contributed by atoms with Gasteiger partial charge in [0, 0.05) is 31.9 Å². The molecule has 4 heteroatoms. The highest BCUT2D eigenvalue weighted by Crippen LogP contribution is 2.10. The van der Waals surface area contributed by atoms with Crippen LogP contribution in [0.25, 0.3) is 0 Å². The minimum atomic E-state index is 0.643. The van der Waals surface area contributed by atoms with Gasteiger partial charge in [0.2, 0.25) is 5.95 Å². The highest BCUT2D eigenvalue weighted by Gasteiger charge is 2.06. The van der Waals surface area contributed by atoms with Crippen LogP contribution in [-0.4, -0.2) is 22.0 Å². The molecular formula is C10H18ClN3. The van der Waals surface area contributed by atoms with Crippen molar-refractivity contribution in [3.05, 3.63) is 12.4 Å². The average Bonchev–Trinajstić information content (AvgIpc) is 2.59. The van der Waals surface area contributed by atoms with Gasteiger partial charge in [-0.25, -0.2) is 4.98 Å². The van der Waals surface area contributed by atoms with Crippen molar-refractivity contribution in [3.8, 4) is 0 Å². The number of aryl methyl sites for hydroxylation is 1. The number of anilines is 1. The molecule has 0 bridgehead atoms. The predicted octanol–water partition coefficient (Wildman–Crippen LogP) is 2.49. The number of hydrogen-bond donors (Lipinski definition) is 1. The lowest BCUT2D eigenvalue weighted by Gasteiger charge is -2.14. The van der Waals surface area contributed by atoms with Crippen LogP contribution in [0.3, 0.4) is 0 Å². The van der Waals surface area contributed by atoms with Gasteiger partial charge in [0.05, 0.1) is 0 Å². The van der Waals surface area contributed by atoms with Gasteiger partial charge >= 0.3 is 0 Å². The molecule has 0 spiro atoms. The molecule has 1 N–H and O–H groups in total. The summed E-state index contributed by atoms with van der Waals surface area (Å²) in [6.07, 6.45) is 5.95. The van der Waals surface area contributed by atoms with Gasteiger partial charge in [0.15, 0.2) is 0 Å². The average molecular weight is 216 g/mol. The van der Waals surface area contributed by atoms with Gasteiger partial charge < -0.3 is 9.88 Å². The first-order chi connectivity index (χ1) is 6.77. The summed E-state index contributed by atoms with van der Waals surface area (Å²) < 4.78 is 1.98. The molecule has 0 saturated heterocycles. The van der Waals surface area contributed by atoms with E-state index in [0.717, 1.165) is 31.2 Å². The van der Waals surface area contributed by atoms with E-state index in [4.69, 9.17) is 11.6 Å². The van der Waals surface area contributed by atoms with Gasteiger partial charge in [0.25, 0.3) is 0 Å². The summed E-state index contributed by atoms with van der Waals surface area (Å²) >= 11 is 5.72. The molecule has 1 heterocycles. The van der Waals surface area contributed by atoms with Gasteiger partial charge in [-0.15, -0.1) is 11.6 Å². The topological polar surface area (TPSA) is 29.9 Å². The standard InChI is InChI=1S/C10H18ClN3/c1-3-9(4-5-11)8-13-10-12-6-7-14(10)2/h6-7,9H,3-5,8H2,1-2H3,(H,12,13). The van der Waals surface area contributed by atoms with E-state index in [9.17, 15) is 0 Å². The number of alkyl halides is 1. The maximum atomic E-state index is 5.72. The molecule has 3 nitrogen and oxygen atoms in total. The molecule has 1 rings (SSSR count). The summed E-state index contributed by atoms with van der Waals surface area (Å²) in [5.74, 6) is 2.31. The first kappa shape index (κ1) is 11.4. The Hall–Kier alpha value is -0.700. The highest BCUT2D eigenvalue weighted by molar-refractivity contribution is 6.17. The Morgan fingerprint density at radius 1 is 1.64 bits per heavy atom. The van der Waals surface area contributed by atoms with E-state index in [1.54, 1.807) is 6.20 Å². The van der Waals surface area contributed by atoms with E-state index >= 15 is 0 Å². The molecule has 0 aromatic carbocycles. The third-order valence-electron chi connectivity index (χ3n) is 2.46. The van der Waals surface area contributed by atoms with Crippen LogP contribution in [0.5, 0.6) is 0 Å². The summed E-state index contributed by atoms with van der Waals surface area (Å²) in [6, 6.07) is 0. The number of aromatic nitrogens is 2. The van der Waals surface area contributed by atoms with Crippen LogP contribution in [0.2, 0.25) is 0 Å². The Kier molecular flexibility index (Phi) is 4.80. The molecule has 1 aromatic heterocycles. The van der Waals surface area contributed by atoms with Crippen LogP contribution in [0.15, 0.2) is 12.4 Å². The fourth-order valence-corrected chi connectivity index (χ4v) is 1.69. The number of imidazole rings is 1. The van der Waals surface area contributed by atoms with Crippen LogP contribution in [-0.2, 0) is 7.05 Å². The Balaban J connectivity index is 2.35. The van der Waals surface area contributed by atoms with Gasteiger partial charge in [-0.3, -0.25) is 0 Å². The minimum absolute atomic E-state index is 0.643. The molecule has 0 aliphatic heterocycles. The van der Waals surface area contributed by atoms with E-state index in [1.165, 1.54) is 0 Å². The molecule has 0 aliphatic rings. The first-order valence-electron chi connectivity index (χ1n) is 5.05. The Morgan fingerprint density at radius 3 is 2.93 bits per heavy atom. The molecule has 80 valence electrons. The largest absolute Gasteiger partial charge is 0.355 e. The number of nitrogens with one attached hydrogen (secondary N) is 1. The zero-order valence-corrected chi connectivity index (χ0v) is 9.59. The lowest BCUT2D eigenvalue weighted by atomic mass is 10.0. The number of rotatable bonds is 6. The molecule has 0 aliphatic carbocycles. The monoisotopic (exact) mass is 215 g/mol. The quantitative estimate of drug-likeness (QED) is 0.739. The fourth-order valence-electron chi connectivity index (χ4n) is 1.38. The highest BCUT2D eigenvalue weighted by atomic mass is 35.5. The summed E-state index contributed by atoms with van der Waals surface area (Å²) in [6.45, 7) is 3.14. The zero-order chi connectivity index (χ0) is 10.4. The predicted molar refractivity (Wildman–Crippen MR) is 60.8 cm³/mol. The van der Waals surface area contributed by atoms with Crippen molar-refractivity contribution >= 4 is 17.5 Å². The molecule has 0 saturated carbocycles. The van der Waals surface area contributed by atoms with Gasteiger partial charge in [0.1, 0.15) is 0 Å². The van der Waals surface area contributed by atoms with Gasteiger partial charge in [-0.1, -0.05) is 13.3 Å².